The molecule has 1 aromatic heterocycles. The predicted octanol–water partition coefficient (Wildman–Crippen LogP) is 3.98. The summed E-state index contributed by atoms with van der Waals surface area (Å²) in [5.41, 5.74) is 2.15. The molecule has 1 nitrogen and oxygen atoms in total. The molecule has 0 unspecified atom stereocenters. The zero-order valence-electron chi connectivity index (χ0n) is 9.16. The Morgan fingerprint density at radius 1 is 1.29 bits per heavy atom. The summed E-state index contributed by atoms with van der Waals surface area (Å²) >= 11 is 0. The number of aryl methyl sites for hydroxylation is 1. The minimum atomic E-state index is 1.07. The molecule has 1 rings (SSSR count). The topological polar surface area (TPSA) is 12.9 Å². The van der Waals surface area contributed by atoms with Crippen molar-refractivity contribution in [3.63, 3.8) is 0 Å². The first-order valence-electron chi connectivity index (χ1n) is 5.43. The van der Waals surface area contributed by atoms with Gasteiger partial charge in [0.2, 0.25) is 0 Å². The zero-order valence-corrected chi connectivity index (χ0v) is 9.16. The lowest BCUT2D eigenvalue weighted by Gasteiger charge is -1.95. The standard InChI is InChI=1S/C13H19N/c1-3-4-5-6-7-10-13-11-8-9-12(2)14-13/h7-11H,3-6H2,1-2H3/b10-7-. The van der Waals surface area contributed by atoms with E-state index in [1.165, 1.54) is 25.7 Å². The van der Waals surface area contributed by atoms with Gasteiger partial charge in [-0.3, -0.25) is 4.98 Å². The van der Waals surface area contributed by atoms with Crippen LogP contribution in [0.25, 0.3) is 6.08 Å². The fourth-order valence-electron chi connectivity index (χ4n) is 1.37. The van der Waals surface area contributed by atoms with Gasteiger partial charge in [-0.25, -0.2) is 0 Å². The molecule has 0 bridgehead atoms. The minimum absolute atomic E-state index is 1.07. The second kappa shape index (κ2) is 6.36. The highest BCUT2D eigenvalue weighted by Gasteiger charge is 1.88. The number of hydrogen-bond acceptors (Lipinski definition) is 1. The minimum Gasteiger partial charge on any atom is -0.254 e. The van der Waals surface area contributed by atoms with Crippen molar-refractivity contribution >= 4 is 6.08 Å². The molecule has 0 fully saturated rings. The Kier molecular flexibility index (Phi) is 4.98. The van der Waals surface area contributed by atoms with Gasteiger partial charge in [-0.1, -0.05) is 31.9 Å². The molecule has 0 saturated heterocycles. The second-order valence-electron chi connectivity index (χ2n) is 3.60. The van der Waals surface area contributed by atoms with Crippen molar-refractivity contribution in [3.05, 3.63) is 35.7 Å². The maximum absolute atomic E-state index is 4.40. The van der Waals surface area contributed by atoms with Crippen molar-refractivity contribution in [2.45, 2.75) is 39.5 Å². The number of allylic oxidation sites excluding steroid dienone is 1. The van der Waals surface area contributed by atoms with Crippen LogP contribution in [0.1, 0.15) is 44.0 Å². The molecule has 76 valence electrons. The van der Waals surface area contributed by atoms with E-state index in [9.17, 15) is 0 Å². The van der Waals surface area contributed by atoms with Crippen molar-refractivity contribution < 1.29 is 0 Å². The molecule has 0 spiro atoms. The lowest BCUT2D eigenvalue weighted by molar-refractivity contribution is 0.730. The van der Waals surface area contributed by atoms with Gasteiger partial charge in [0.1, 0.15) is 0 Å². The van der Waals surface area contributed by atoms with Crippen LogP contribution in [0.2, 0.25) is 0 Å². The van der Waals surface area contributed by atoms with Crippen LogP contribution in [0, 0.1) is 6.92 Å². The Morgan fingerprint density at radius 3 is 2.86 bits per heavy atom. The number of unbranched alkanes of at least 4 members (excludes halogenated alkanes) is 3. The molecule has 1 aromatic rings. The van der Waals surface area contributed by atoms with E-state index in [0.717, 1.165) is 11.4 Å². The summed E-state index contributed by atoms with van der Waals surface area (Å²) in [6, 6.07) is 6.12. The zero-order chi connectivity index (χ0) is 10.2. The van der Waals surface area contributed by atoms with E-state index in [1.54, 1.807) is 0 Å². The van der Waals surface area contributed by atoms with Crippen LogP contribution in [0.4, 0.5) is 0 Å². The molecule has 0 aliphatic carbocycles. The number of hydrogen-bond donors (Lipinski definition) is 0. The lowest BCUT2D eigenvalue weighted by Crippen LogP contribution is -1.83. The van der Waals surface area contributed by atoms with Gasteiger partial charge in [0, 0.05) is 5.69 Å². The number of rotatable bonds is 5. The van der Waals surface area contributed by atoms with Crippen LogP contribution in [-0.2, 0) is 0 Å². The van der Waals surface area contributed by atoms with E-state index in [1.807, 2.05) is 25.1 Å². The SMILES string of the molecule is CCCCC/C=C\c1cccc(C)n1. The number of aromatic nitrogens is 1. The molecule has 0 aliphatic rings. The summed E-state index contributed by atoms with van der Waals surface area (Å²) in [6.45, 7) is 4.25. The molecule has 0 aromatic carbocycles. The first kappa shape index (κ1) is 11.0. The van der Waals surface area contributed by atoms with Crippen LogP contribution in [0.15, 0.2) is 24.3 Å². The second-order valence-corrected chi connectivity index (χ2v) is 3.60. The third-order valence-corrected chi connectivity index (χ3v) is 2.17. The van der Waals surface area contributed by atoms with Gasteiger partial charge in [-0.15, -0.1) is 0 Å². The summed E-state index contributed by atoms with van der Waals surface area (Å²) in [5, 5.41) is 0. The molecule has 14 heavy (non-hydrogen) atoms. The number of nitrogens with zero attached hydrogens (tertiary/aromatic N) is 1. The molecule has 1 heteroatoms. The molecular formula is C13H19N. The van der Waals surface area contributed by atoms with Crippen LogP contribution < -0.4 is 0 Å². The van der Waals surface area contributed by atoms with E-state index < -0.39 is 0 Å². The van der Waals surface area contributed by atoms with Crippen molar-refractivity contribution in [1.29, 1.82) is 0 Å². The third kappa shape index (κ3) is 4.22. The van der Waals surface area contributed by atoms with Crippen molar-refractivity contribution in [2.24, 2.45) is 0 Å². The van der Waals surface area contributed by atoms with Gasteiger partial charge in [0.05, 0.1) is 5.69 Å². The Labute approximate surface area is 86.9 Å². The Bertz CT molecular complexity index is 289. The first-order valence-corrected chi connectivity index (χ1v) is 5.43. The molecule has 1 heterocycles. The van der Waals surface area contributed by atoms with Gasteiger partial charge in [0.25, 0.3) is 0 Å². The normalized spacial score (nSPS) is 11.0. The molecule has 0 radical (unpaired) electrons. The Hall–Kier alpha value is -1.11. The molecule has 0 aliphatic heterocycles. The van der Waals surface area contributed by atoms with E-state index >= 15 is 0 Å². The van der Waals surface area contributed by atoms with Crippen LogP contribution in [-0.4, -0.2) is 4.98 Å². The summed E-state index contributed by atoms with van der Waals surface area (Å²) in [7, 11) is 0. The van der Waals surface area contributed by atoms with Crippen LogP contribution in [0.5, 0.6) is 0 Å². The van der Waals surface area contributed by atoms with E-state index in [-0.39, 0.29) is 0 Å². The summed E-state index contributed by atoms with van der Waals surface area (Å²) in [4.78, 5) is 4.40. The Morgan fingerprint density at radius 2 is 2.14 bits per heavy atom. The average Bonchev–Trinajstić information content (AvgIpc) is 2.18. The molecule has 0 amide bonds. The number of pyridine rings is 1. The van der Waals surface area contributed by atoms with E-state index in [2.05, 4.69) is 24.1 Å². The summed E-state index contributed by atoms with van der Waals surface area (Å²) in [6.07, 6.45) is 9.41. The van der Waals surface area contributed by atoms with Gasteiger partial charge >= 0.3 is 0 Å². The van der Waals surface area contributed by atoms with Crippen LogP contribution >= 0.6 is 0 Å². The van der Waals surface area contributed by atoms with Crippen molar-refractivity contribution in [3.8, 4) is 0 Å². The fourth-order valence-corrected chi connectivity index (χ4v) is 1.37. The van der Waals surface area contributed by atoms with Gasteiger partial charge in [-0.2, -0.15) is 0 Å². The third-order valence-electron chi connectivity index (χ3n) is 2.17. The maximum atomic E-state index is 4.40. The Balaban J connectivity index is 2.36. The van der Waals surface area contributed by atoms with Crippen LogP contribution in [0.3, 0.4) is 0 Å². The van der Waals surface area contributed by atoms with Gasteiger partial charge in [-0.05, 0) is 38.0 Å². The van der Waals surface area contributed by atoms with Crippen molar-refractivity contribution in [2.75, 3.05) is 0 Å². The first-order chi connectivity index (χ1) is 6.83. The highest BCUT2D eigenvalue weighted by Crippen LogP contribution is 2.04. The predicted molar refractivity (Wildman–Crippen MR) is 62.2 cm³/mol. The fraction of sp³-hybridized carbons (Fsp3) is 0.462. The quantitative estimate of drug-likeness (QED) is 0.638. The maximum Gasteiger partial charge on any atom is 0.0629 e. The average molecular weight is 189 g/mol. The van der Waals surface area contributed by atoms with Gasteiger partial charge < -0.3 is 0 Å². The van der Waals surface area contributed by atoms with Crippen molar-refractivity contribution in [1.82, 2.24) is 4.98 Å². The molecular weight excluding hydrogens is 170 g/mol. The van der Waals surface area contributed by atoms with E-state index in [4.69, 9.17) is 0 Å². The highest BCUT2D eigenvalue weighted by molar-refractivity contribution is 5.44. The summed E-state index contributed by atoms with van der Waals surface area (Å²) < 4.78 is 0. The molecule has 0 saturated carbocycles. The largest absolute Gasteiger partial charge is 0.254 e. The molecule has 0 N–H and O–H groups in total. The monoisotopic (exact) mass is 189 g/mol. The van der Waals surface area contributed by atoms with E-state index in [0.29, 0.717) is 0 Å². The molecule has 0 atom stereocenters. The lowest BCUT2D eigenvalue weighted by atomic mass is 10.2. The van der Waals surface area contributed by atoms with Gasteiger partial charge in [0.15, 0.2) is 0 Å². The summed E-state index contributed by atoms with van der Waals surface area (Å²) in [5.74, 6) is 0. The highest BCUT2D eigenvalue weighted by atomic mass is 14.7. The smallest absolute Gasteiger partial charge is 0.0629 e.